The number of nitrogens with zero attached hydrogens (tertiary/aromatic N) is 1. The lowest BCUT2D eigenvalue weighted by molar-refractivity contribution is -0.130. The molecule has 3 N–H and O–H groups in total. The Labute approximate surface area is 96.9 Å². The molecule has 2 aliphatic rings. The molecule has 0 saturated carbocycles. The number of rotatable bonds is 3. The average molecular weight is 226 g/mol. The number of carbonyl (C=O) groups is 1. The number of hydrogen-bond acceptors (Lipinski definition) is 4. The van der Waals surface area contributed by atoms with Gasteiger partial charge >= 0.3 is 0 Å². The van der Waals surface area contributed by atoms with Gasteiger partial charge in [0.25, 0.3) is 0 Å². The maximum atomic E-state index is 11.9. The van der Waals surface area contributed by atoms with Crippen LogP contribution in [0.25, 0.3) is 0 Å². The molecule has 0 aromatic heterocycles. The van der Waals surface area contributed by atoms with Crippen molar-refractivity contribution in [1.29, 1.82) is 0 Å². The fourth-order valence-electron chi connectivity index (χ4n) is 2.28. The first-order chi connectivity index (χ1) is 7.86. The summed E-state index contributed by atoms with van der Waals surface area (Å²) in [5, 5.41) is 9.94. The average Bonchev–Trinajstić information content (AvgIpc) is 2.38. The maximum Gasteiger partial charge on any atom is 0.236 e. The zero-order valence-corrected chi connectivity index (χ0v) is 9.80. The molecule has 5 heteroatoms. The van der Waals surface area contributed by atoms with Crippen LogP contribution in [-0.4, -0.2) is 62.7 Å². The summed E-state index contributed by atoms with van der Waals surface area (Å²) in [7, 11) is 0. The van der Waals surface area contributed by atoms with Crippen LogP contribution in [0.4, 0.5) is 0 Å². The first kappa shape index (κ1) is 11.8. The van der Waals surface area contributed by atoms with Gasteiger partial charge in [0.15, 0.2) is 0 Å². The molecule has 0 spiro atoms. The maximum absolute atomic E-state index is 11.9. The smallest absolute Gasteiger partial charge is 0.236 e. The second-order valence-corrected chi connectivity index (χ2v) is 4.55. The largest absolute Gasteiger partial charge is 0.339 e. The van der Waals surface area contributed by atoms with Crippen LogP contribution in [0.5, 0.6) is 0 Å². The molecule has 1 amide bonds. The monoisotopic (exact) mass is 226 g/mol. The lowest BCUT2D eigenvalue weighted by Gasteiger charge is -2.29. The molecule has 2 fully saturated rings. The van der Waals surface area contributed by atoms with Gasteiger partial charge in [-0.2, -0.15) is 0 Å². The van der Waals surface area contributed by atoms with Crippen molar-refractivity contribution in [2.24, 2.45) is 0 Å². The van der Waals surface area contributed by atoms with Gasteiger partial charge < -0.3 is 20.9 Å². The first-order valence-electron chi connectivity index (χ1n) is 6.29. The number of carbonyl (C=O) groups excluding carboxylic acids is 1. The summed E-state index contributed by atoms with van der Waals surface area (Å²) in [6.07, 6.45) is 2.39. The van der Waals surface area contributed by atoms with Gasteiger partial charge in [-0.3, -0.25) is 4.79 Å². The Morgan fingerprint density at radius 2 is 2.06 bits per heavy atom. The van der Waals surface area contributed by atoms with Crippen molar-refractivity contribution in [1.82, 2.24) is 20.9 Å². The molecule has 16 heavy (non-hydrogen) atoms. The SMILES string of the molecule is O=C(CNC1CCCNC1)N1CCNCC1. The zero-order chi connectivity index (χ0) is 11.2. The highest BCUT2D eigenvalue weighted by molar-refractivity contribution is 5.78. The molecule has 2 aliphatic heterocycles. The summed E-state index contributed by atoms with van der Waals surface area (Å²) < 4.78 is 0. The first-order valence-corrected chi connectivity index (χ1v) is 6.29. The lowest BCUT2D eigenvalue weighted by Crippen LogP contribution is -2.51. The van der Waals surface area contributed by atoms with Crippen molar-refractivity contribution in [2.45, 2.75) is 18.9 Å². The van der Waals surface area contributed by atoms with Crippen LogP contribution in [0.2, 0.25) is 0 Å². The van der Waals surface area contributed by atoms with Gasteiger partial charge in [0, 0.05) is 38.8 Å². The van der Waals surface area contributed by atoms with Gasteiger partial charge in [-0.15, -0.1) is 0 Å². The number of nitrogens with one attached hydrogen (secondary N) is 3. The van der Waals surface area contributed by atoms with Gasteiger partial charge in [0.1, 0.15) is 0 Å². The second kappa shape index (κ2) is 6.18. The Morgan fingerprint density at radius 1 is 1.25 bits per heavy atom. The number of hydrogen-bond donors (Lipinski definition) is 3. The van der Waals surface area contributed by atoms with Crippen LogP contribution < -0.4 is 16.0 Å². The summed E-state index contributed by atoms with van der Waals surface area (Å²) in [5.74, 6) is 0.243. The summed E-state index contributed by atoms with van der Waals surface area (Å²) in [6, 6.07) is 0.473. The van der Waals surface area contributed by atoms with E-state index in [1.165, 1.54) is 12.8 Å². The van der Waals surface area contributed by atoms with Crippen molar-refractivity contribution in [3.63, 3.8) is 0 Å². The Balaban J connectivity index is 1.65. The molecule has 1 atom stereocenters. The third-order valence-electron chi connectivity index (χ3n) is 3.31. The molecule has 2 saturated heterocycles. The molecule has 92 valence electrons. The Kier molecular flexibility index (Phi) is 4.56. The number of amides is 1. The minimum atomic E-state index is 0.243. The summed E-state index contributed by atoms with van der Waals surface area (Å²) in [4.78, 5) is 13.8. The predicted octanol–water partition coefficient (Wildman–Crippen LogP) is -1.24. The molecule has 2 heterocycles. The molecule has 0 aromatic rings. The van der Waals surface area contributed by atoms with Crippen LogP contribution in [0.1, 0.15) is 12.8 Å². The van der Waals surface area contributed by atoms with Crippen LogP contribution in [0, 0.1) is 0 Å². The number of piperazine rings is 1. The van der Waals surface area contributed by atoms with Crippen LogP contribution >= 0.6 is 0 Å². The molecular formula is C11H22N4O. The van der Waals surface area contributed by atoms with E-state index in [1.807, 2.05) is 4.90 Å². The second-order valence-electron chi connectivity index (χ2n) is 4.55. The molecule has 2 rings (SSSR count). The molecule has 5 nitrogen and oxygen atoms in total. The molecule has 0 bridgehead atoms. The normalized spacial score (nSPS) is 26.8. The van der Waals surface area contributed by atoms with E-state index >= 15 is 0 Å². The van der Waals surface area contributed by atoms with Gasteiger partial charge in [0.2, 0.25) is 5.91 Å². The van der Waals surface area contributed by atoms with Crippen molar-refractivity contribution < 1.29 is 4.79 Å². The highest BCUT2D eigenvalue weighted by Gasteiger charge is 2.18. The van der Waals surface area contributed by atoms with Crippen LogP contribution in [-0.2, 0) is 4.79 Å². The molecule has 0 aliphatic carbocycles. The van der Waals surface area contributed by atoms with Crippen molar-refractivity contribution in [2.75, 3.05) is 45.8 Å². The Bertz CT molecular complexity index is 222. The standard InChI is InChI=1S/C11H22N4O/c16-11(15-6-4-12-5-7-15)9-14-10-2-1-3-13-8-10/h10,12-14H,1-9H2. The van der Waals surface area contributed by atoms with Gasteiger partial charge in [-0.1, -0.05) is 0 Å². The molecule has 0 aromatic carbocycles. The number of piperidine rings is 1. The Hall–Kier alpha value is -0.650. The van der Waals surface area contributed by atoms with E-state index < -0.39 is 0 Å². The minimum absolute atomic E-state index is 0.243. The molecule has 0 radical (unpaired) electrons. The van der Waals surface area contributed by atoms with Crippen LogP contribution in [0.15, 0.2) is 0 Å². The van der Waals surface area contributed by atoms with E-state index in [-0.39, 0.29) is 5.91 Å². The van der Waals surface area contributed by atoms with Gasteiger partial charge in [-0.05, 0) is 19.4 Å². The van der Waals surface area contributed by atoms with E-state index in [0.29, 0.717) is 12.6 Å². The highest BCUT2D eigenvalue weighted by atomic mass is 16.2. The van der Waals surface area contributed by atoms with E-state index in [2.05, 4.69) is 16.0 Å². The summed E-state index contributed by atoms with van der Waals surface area (Å²) in [6.45, 7) is 6.16. The predicted molar refractivity (Wildman–Crippen MR) is 63.3 cm³/mol. The molecular weight excluding hydrogens is 204 g/mol. The Morgan fingerprint density at radius 3 is 2.75 bits per heavy atom. The van der Waals surface area contributed by atoms with E-state index in [0.717, 1.165) is 39.3 Å². The zero-order valence-electron chi connectivity index (χ0n) is 9.80. The fourth-order valence-corrected chi connectivity index (χ4v) is 2.28. The van der Waals surface area contributed by atoms with Gasteiger partial charge in [-0.25, -0.2) is 0 Å². The topological polar surface area (TPSA) is 56.4 Å². The molecule has 1 unspecified atom stereocenters. The third kappa shape index (κ3) is 3.43. The highest BCUT2D eigenvalue weighted by Crippen LogP contribution is 2.01. The van der Waals surface area contributed by atoms with Crippen LogP contribution in [0.3, 0.4) is 0 Å². The van der Waals surface area contributed by atoms with Crippen molar-refractivity contribution in [3.8, 4) is 0 Å². The van der Waals surface area contributed by atoms with E-state index in [1.54, 1.807) is 0 Å². The summed E-state index contributed by atoms with van der Waals surface area (Å²) >= 11 is 0. The van der Waals surface area contributed by atoms with Crippen molar-refractivity contribution >= 4 is 5.91 Å². The van der Waals surface area contributed by atoms with E-state index in [9.17, 15) is 4.79 Å². The quantitative estimate of drug-likeness (QED) is 0.563. The van der Waals surface area contributed by atoms with E-state index in [4.69, 9.17) is 0 Å². The van der Waals surface area contributed by atoms with Crippen molar-refractivity contribution in [3.05, 3.63) is 0 Å². The fraction of sp³-hybridized carbons (Fsp3) is 0.909. The summed E-state index contributed by atoms with van der Waals surface area (Å²) in [5.41, 5.74) is 0. The lowest BCUT2D eigenvalue weighted by atomic mass is 10.1. The minimum Gasteiger partial charge on any atom is -0.339 e. The van der Waals surface area contributed by atoms with Gasteiger partial charge in [0.05, 0.1) is 6.54 Å². The third-order valence-corrected chi connectivity index (χ3v) is 3.31.